The molecule has 1 unspecified atom stereocenters. The molecule has 2 fully saturated rings. The van der Waals surface area contributed by atoms with Crippen molar-refractivity contribution in [1.29, 1.82) is 0 Å². The van der Waals surface area contributed by atoms with Crippen molar-refractivity contribution in [2.75, 3.05) is 32.7 Å². The first-order valence-electron chi connectivity index (χ1n) is 14.3. The fourth-order valence-electron chi connectivity index (χ4n) is 5.06. The zero-order valence-corrected chi connectivity index (χ0v) is 25.3. The molecule has 2 aromatic carbocycles. The third-order valence-corrected chi connectivity index (χ3v) is 8.61. The monoisotopic (exact) mass is 608 g/mol. The number of anilines is 1. The Morgan fingerprint density at radius 1 is 1.09 bits per heavy atom. The number of hydrogen-bond acceptors (Lipinski definition) is 9. The van der Waals surface area contributed by atoms with Crippen molar-refractivity contribution in [3.63, 3.8) is 0 Å². The molecule has 2 N–H and O–H groups in total. The van der Waals surface area contributed by atoms with E-state index in [2.05, 4.69) is 15.6 Å². The van der Waals surface area contributed by atoms with Gasteiger partial charge in [0.15, 0.2) is 5.69 Å². The normalized spacial score (nSPS) is 16.8. The Balaban J connectivity index is 1.35. The van der Waals surface area contributed by atoms with Gasteiger partial charge in [0.1, 0.15) is 33.7 Å². The highest BCUT2D eigenvalue weighted by atomic mass is 32.1. The first-order chi connectivity index (χ1) is 20.9. The predicted molar refractivity (Wildman–Crippen MR) is 160 cm³/mol. The molecular weight excluding hydrogens is 572 g/mol. The summed E-state index contributed by atoms with van der Waals surface area (Å²) in [6, 6.07) is 14.4. The number of ether oxygens (including phenoxy) is 4. The summed E-state index contributed by atoms with van der Waals surface area (Å²) in [7, 11) is 3.11. The van der Waals surface area contributed by atoms with Crippen LogP contribution in [0.25, 0.3) is 0 Å². The second kappa shape index (κ2) is 13.4. The summed E-state index contributed by atoms with van der Waals surface area (Å²) in [5.74, 6) is 0.428. The Morgan fingerprint density at radius 3 is 2.58 bits per heavy atom. The minimum absolute atomic E-state index is 0.0811. The van der Waals surface area contributed by atoms with Crippen LogP contribution in [0.15, 0.2) is 48.5 Å². The molecule has 2 heterocycles. The number of aromatic nitrogens is 1. The van der Waals surface area contributed by atoms with Crippen molar-refractivity contribution in [2.24, 2.45) is 0 Å². The fourth-order valence-corrected chi connectivity index (χ4v) is 6.17. The highest BCUT2D eigenvalue weighted by Gasteiger charge is 2.51. The van der Waals surface area contributed by atoms with Crippen LogP contribution in [-0.2, 0) is 27.4 Å². The maximum atomic E-state index is 13.5. The molecule has 43 heavy (non-hydrogen) atoms. The van der Waals surface area contributed by atoms with Crippen molar-refractivity contribution in [3.05, 3.63) is 70.4 Å². The van der Waals surface area contributed by atoms with Gasteiger partial charge < -0.3 is 29.6 Å². The third-order valence-electron chi connectivity index (χ3n) is 7.54. The van der Waals surface area contributed by atoms with Crippen molar-refractivity contribution in [1.82, 2.24) is 15.2 Å². The van der Waals surface area contributed by atoms with Crippen LogP contribution >= 0.6 is 11.3 Å². The van der Waals surface area contributed by atoms with Crippen LogP contribution in [0.3, 0.4) is 0 Å². The highest BCUT2D eigenvalue weighted by molar-refractivity contribution is 7.16. The van der Waals surface area contributed by atoms with Gasteiger partial charge in [0.05, 0.1) is 20.3 Å². The summed E-state index contributed by atoms with van der Waals surface area (Å²) < 4.78 is 22.0. The summed E-state index contributed by atoms with van der Waals surface area (Å²) >= 11 is 1.20. The second-order valence-electron chi connectivity index (χ2n) is 10.4. The Kier molecular flexibility index (Phi) is 9.46. The van der Waals surface area contributed by atoms with E-state index in [9.17, 15) is 14.4 Å². The smallest absolute Gasteiger partial charge is 0.410 e. The van der Waals surface area contributed by atoms with Gasteiger partial charge in [0.25, 0.3) is 11.8 Å². The van der Waals surface area contributed by atoms with Crippen molar-refractivity contribution in [2.45, 2.75) is 57.4 Å². The molecule has 11 nitrogen and oxygen atoms in total. The summed E-state index contributed by atoms with van der Waals surface area (Å²) in [6.45, 7) is 3.07. The Hall–Kier alpha value is -4.16. The Labute approximate surface area is 254 Å². The topological polar surface area (TPSA) is 128 Å². The summed E-state index contributed by atoms with van der Waals surface area (Å²) in [4.78, 5) is 46.1. The van der Waals surface area contributed by atoms with E-state index in [0.29, 0.717) is 53.9 Å². The number of carbonyl (C=O) groups excluding carboxylic acids is 3. The molecule has 0 bridgehead atoms. The first-order valence-corrected chi connectivity index (χ1v) is 15.1. The number of nitrogens with one attached hydrogen (secondary N) is 2. The van der Waals surface area contributed by atoms with E-state index in [4.69, 9.17) is 18.9 Å². The van der Waals surface area contributed by atoms with Gasteiger partial charge in [-0.25, -0.2) is 9.78 Å². The average Bonchev–Trinajstić information content (AvgIpc) is 3.45. The number of methoxy groups -OCH3 is 2. The van der Waals surface area contributed by atoms with E-state index in [1.54, 1.807) is 31.3 Å². The molecule has 1 aromatic heterocycles. The number of amides is 3. The molecule has 1 saturated heterocycles. The Bertz CT molecular complexity index is 1460. The highest BCUT2D eigenvalue weighted by Crippen LogP contribution is 2.43. The third kappa shape index (κ3) is 6.91. The average molecular weight is 609 g/mol. The first kappa shape index (κ1) is 30.3. The zero-order chi connectivity index (χ0) is 30.4. The van der Waals surface area contributed by atoms with Crippen molar-refractivity contribution < 1.29 is 33.3 Å². The van der Waals surface area contributed by atoms with E-state index >= 15 is 0 Å². The lowest BCUT2D eigenvalue weighted by Crippen LogP contribution is -2.33. The van der Waals surface area contributed by atoms with Crippen molar-refractivity contribution in [3.8, 4) is 11.5 Å². The van der Waals surface area contributed by atoms with Crippen LogP contribution in [0.4, 0.5) is 9.80 Å². The zero-order valence-electron chi connectivity index (χ0n) is 24.5. The molecule has 12 heteroatoms. The molecular formula is C31H36N4O7S. The van der Waals surface area contributed by atoms with Gasteiger partial charge in [0.2, 0.25) is 0 Å². The van der Waals surface area contributed by atoms with E-state index in [0.717, 1.165) is 17.5 Å². The maximum Gasteiger partial charge on any atom is 0.410 e. The molecule has 3 amide bonds. The summed E-state index contributed by atoms with van der Waals surface area (Å²) in [5.41, 5.74) is 0.831. The SMILES string of the molecule is CCOC1(C(=O)Nc2sc(C3CCCN3C(=O)OCc3ccccc3)nc2C(=O)NCc2ccc(OC)cc2OC)CC1. The maximum absolute atomic E-state index is 13.5. The molecule has 0 radical (unpaired) electrons. The van der Waals surface area contributed by atoms with Gasteiger partial charge in [-0.05, 0) is 50.3 Å². The lowest BCUT2D eigenvalue weighted by molar-refractivity contribution is -0.129. The van der Waals surface area contributed by atoms with Crippen LogP contribution in [0.2, 0.25) is 0 Å². The molecule has 228 valence electrons. The molecule has 1 aliphatic carbocycles. The quantitative estimate of drug-likeness (QED) is 0.292. The van der Waals surface area contributed by atoms with Gasteiger partial charge >= 0.3 is 6.09 Å². The van der Waals surface area contributed by atoms with Gasteiger partial charge in [-0.2, -0.15) is 0 Å². The molecule has 3 aromatic rings. The molecule has 5 rings (SSSR count). The molecule has 2 aliphatic rings. The van der Waals surface area contributed by atoms with Crippen LogP contribution in [-0.4, -0.2) is 60.8 Å². The summed E-state index contributed by atoms with van der Waals surface area (Å²) in [5, 5.41) is 6.67. The number of likely N-dealkylation sites (tertiary alicyclic amines) is 1. The number of carbonyl (C=O) groups is 3. The van der Waals surface area contributed by atoms with E-state index in [-0.39, 0.29) is 30.8 Å². The van der Waals surface area contributed by atoms with Crippen molar-refractivity contribution >= 4 is 34.2 Å². The largest absolute Gasteiger partial charge is 0.497 e. The van der Waals surface area contributed by atoms with Gasteiger partial charge in [-0.1, -0.05) is 41.7 Å². The molecule has 1 saturated carbocycles. The Morgan fingerprint density at radius 2 is 1.88 bits per heavy atom. The summed E-state index contributed by atoms with van der Waals surface area (Å²) in [6.07, 6.45) is 2.20. The molecule has 1 aliphatic heterocycles. The van der Waals surface area contributed by atoms with Crippen LogP contribution in [0.1, 0.15) is 65.3 Å². The predicted octanol–water partition coefficient (Wildman–Crippen LogP) is 5.07. The van der Waals surface area contributed by atoms with E-state index in [1.807, 2.05) is 43.3 Å². The van der Waals surface area contributed by atoms with E-state index < -0.39 is 17.6 Å². The minimum atomic E-state index is -0.885. The fraction of sp³-hybridized carbons (Fsp3) is 0.419. The number of nitrogens with zero attached hydrogens (tertiary/aromatic N) is 2. The number of thiazole rings is 1. The molecule has 0 spiro atoms. The standard InChI is InChI=1S/C31H36N4O7S/c1-4-42-31(14-15-31)29(37)34-28-25(26(36)32-18-21-12-13-22(39-2)17-24(21)40-3)33-27(43-28)23-11-8-16-35(23)30(38)41-19-20-9-6-5-7-10-20/h5-7,9-10,12-13,17,23H,4,8,11,14-16,18-19H2,1-3H3,(H,32,36)(H,34,37). The minimum Gasteiger partial charge on any atom is -0.497 e. The molecule has 1 atom stereocenters. The lowest BCUT2D eigenvalue weighted by Gasteiger charge is -2.22. The van der Waals surface area contributed by atoms with Crippen LogP contribution < -0.4 is 20.1 Å². The van der Waals surface area contributed by atoms with Crippen LogP contribution in [0, 0.1) is 0 Å². The number of rotatable bonds is 12. The second-order valence-corrected chi connectivity index (χ2v) is 11.4. The number of hydrogen-bond donors (Lipinski definition) is 2. The van der Waals surface area contributed by atoms with Gasteiger partial charge in [-0.15, -0.1) is 0 Å². The lowest BCUT2D eigenvalue weighted by atomic mass is 10.2. The van der Waals surface area contributed by atoms with Crippen LogP contribution in [0.5, 0.6) is 11.5 Å². The van der Waals surface area contributed by atoms with Gasteiger partial charge in [-0.3, -0.25) is 14.5 Å². The van der Waals surface area contributed by atoms with E-state index in [1.165, 1.54) is 11.3 Å². The van der Waals surface area contributed by atoms with Gasteiger partial charge in [0, 0.05) is 31.3 Å². The number of benzene rings is 2.